The first-order chi connectivity index (χ1) is 12.6. The van der Waals surface area contributed by atoms with E-state index in [0.29, 0.717) is 16.7 Å². The first-order valence-electron chi connectivity index (χ1n) is 8.36. The van der Waals surface area contributed by atoms with Gasteiger partial charge in [0.25, 0.3) is 0 Å². The van der Waals surface area contributed by atoms with Gasteiger partial charge in [0.15, 0.2) is 0 Å². The van der Waals surface area contributed by atoms with Crippen LogP contribution in [0, 0.1) is 0 Å². The van der Waals surface area contributed by atoms with Gasteiger partial charge in [0.2, 0.25) is 0 Å². The molecule has 1 heterocycles. The van der Waals surface area contributed by atoms with E-state index < -0.39 is 0 Å². The topological polar surface area (TPSA) is 27.1 Å². The van der Waals surface area contributed by atoms with E-state index in [0.717, 1.165) is 28.6 Å². The van der Waals surface area contributed by atoms with Gasteiger partial charge in [-0.3, -0.25) is 4.68 Å². The highest BCUT2D eigenvalue weighted by atomic mass is 35.5. The Bertz CT molecular complexity index is 861. The van der Waals surface area contributed by atoms with Gasteiger partial charge < -0.3 is 4.74 Å². The Balaban J connectivity index is 2.03. The predicted octanol–water partition coefficient (Wildman–Crippen LogP) is 6.10. The Hall–Kier alpha value is -1.46. The summed E-state index contributed by atoms with van der Waals surface area (Å²) >= 11 is 14.0. The van der Waals surface area contributed by atoms with Crippen molar-refractivity contribution in [3.63, 3.8) is 0 Å². The van der Waals surface area contributed by atoms with Crippen molar-refractivity contribution >= 4 is 35.0 Å². The number of aryl methyl sites for hydroxylation is 1. The summed E-state index contributed by atoms with van der Waals surface area (Å²) in [6.45, 7) is 3.35. The molecular weight excluding hydrogens is 387 g/mol. The molecule has 0 fully saturated rings. The molecule has 3 nitrogen and oxygen atoms in total. The molecular formula is C20H20Cl2N2OS. The Kier molecular flexibility index (Phi) is 6.65. The van der Waals surface area contributed by atoms with Gasteiger partial charge in [-0.05, 0) is 30.7 Å². The molecule has 3 rings (SSSR count). The fourth-order valence-electron chi connectivity index (χ4n) is 2.79. The van der Waals surface area contributed by atoms with E-state index in [4.69, 9.17) is 33.0 Å². The Morgan fingerprint density at radius 3 is 2.38 bits per heavy atom. The van der Waals surface area contributed by atoms with Crippen LogP contribution in [-0.2, 0) is 24.3 Å². The molecule has 0 spiro atoms. The van der Waals surface area contributed by atoms with E-state index in [1.807, 2.05) is 22.9 Å². The molecule has 0 amide bonds. The monoisotopic (exact) mass is 406 g/mol. The second-order valence-electron chi connectivity index (χ2n) is 5.85. The molecule has 136 valence electrons. The smallest absolute Gasteiger partial charge is 0.103 e. The minimum atomic E-state index is 0.485. The van der Waals surface area contributed by atoms with Gasteiger partial charge in [-0.2, -0.15) is 5.10 Å². The number of aromatic nitrogens is 2. The van der Waals surface area contributed by atoms with E-state index in [-0.39, 0.29) is 0 Å². The largest absolute Gasteiger partial charge is 0.378 e. The maximum Gasteiger partial charge on any atom is 0.103 e. The van der Waals surface area contributed by atoms with Gasteiger partial charge in [-0.15, -0.1) is 0 Å². The number of benzene rings is 2. The normalized spacial score (nSPS) is 11.1. The zero-order valence-electron chi connectivity index (χ0n) is 14.7. The summed E-state index contributed by atoms with van der Waals surface area (Å²) in [6, 6.07) is 16.0. The molecule has 0 aliphatic heterocycles. The molecule has 2 aromatic carbocycles. The average molecular weight is 407 g/mol. The van der Waals surface area contributed by atoms with Crippen molar-refractivity contribution in [1.82, 2.24) is 9.78 Å². The minimum absolute atomic E-state index is 0.485. The summed E-state index contributed by atoms with van der Waals surface area (Å²) in [7, 11) is 1.70. The summed E-state index contributed by atoms with van der Waals surface area (Å²) < 4.78 is 7.40. The van der Waals surface area contributed by atoms with Crippen LogP contribution < -0.4 is 0 Å². The zero-order valence-corrected chi connectivity index (χ0v) is 17.0. The summed E-state index contributed by atoms with van der Waals surface area (Å²) in [6.07, 6.45) is 0.802. The Morgan fingerprint density at radius 2 is 1.77 bits per heavy atom. The molecule has 3 aromatic rings. The van der Waals surface area contributed by atoms with E-state index >= 15 is 0 Å². The SMILES string of the molecule is CCn1nc(COC)c(Cc2ccccc2)c1Sc1cc(Cl)cc(Cl)c1. The van der Waals surface area contributed by atoms with E-state index in [1.54, 1.807) is 24.9 Å². The molecule has 0 atom stereocenters. The molecule has 0 aliphatic carbocycles. The summed E-state index contributed by atoms with van der Waals surface area (Å²) in [5.74, 6) is 0. The molecule has 0 aliphatic rings. The molecule has 0 saturated carbocycles. The van der Waals surface area contributed by atoms with Crippen molar-refractivity contribution in [1.29, 1.82) is 0 Å². The third-order valence-corrected chi connectivity index (χ3v) is 5.50. The minimum Gasteiger partial charge on any atom is -0.378 e. The van der Waals surface area contributed by atoms with Gasteiger partial charge in [0.05, 0.1) is 12.3 Å². The third-order valence-electron chi connectivity index (χ3n) is 3.94. The molecule has 0 bridgehead atoms. The van der Waals surface area contributed by atoms with Crippen LogP contribution in [0.1, 0.15) is 23.7 Å². The van der Waals surface area contributed by atoms with Gasteiger partial charge >= 0.3 is 0 Å². The molecule has 1 aromatic heterocycles. The highest BCUT2D eigenvalue weighted by Crippen LogP contribution is 2.36. The van der Waals surface area contributed by atoms with E-state index in [2.05, 4.69) is 31.2 Å². The number of halogens is 2. The zero-order chi connectivity index (χ0) is 18.5. The molecule has 0 unspecified atom stereocenters. The van der Waals surface area contributed by atoms with E-state index in [1.165, 1.54) is 11.1 Å². The Morgan fingerprint density at radius 1 is 1.08 bits per heavy atom. The number of nitrogens with zero attached hydrogens (tertiary/aromatic N) is 2. The predicted molar refractivity (Wildman–Crippen MR) is 108 cm³/mol. The molecule has 26 heavy (non-hydrogen) atoms. The lowest BCUT2D eigenvalue weighted by Crippen LogP contribution is -1.99. The summed E-state index contributed by atoms with van der Waals surface area (Å²) in [5, 5.41) is 7.12. The number of methoxy groups -OCH3 is 1. The summed E-state index contributed by atoms with van der Waals surface area (Å²) in [5.41, 5.74) is 3.39. The highest BCUT2D eigenvalue weighted by Gasteiger charge is 2.19. The Labute approximate surface area is 168 Å². The first kappa shape index (κ1) is 19.3. The maximum atomic E-state index is 6.17. The average Bonchev–Trinajstić information content (AvgIpc) is 2.92. The fraction of sp³-hybridized carbons (Fsp3) is 0.250. The molecule has 6 heteroatoms. The number of hydrogen-bond donors (Lipinski definition) is 0. The fourth-order valence-corrected chi connectivity index (χ4v) is 4.63. The van der Waals surface area contributed by atoms with Crippen molar-refractivity contribution in [3.05, 3.63) is 75.4 Å². The second-order valence-corrected chi connectivity index (χ2v) is 7.78. The first-order valence-corrected chi connectivity index (χ1v) is 9.93. The van der Waals surface area contributed by atoms with Gasteiger partial charge in [-0.25, -0.2) is 0 Å². The van der Waals surface area contributed by atoms with Crippen LogP contribution in [0.25, 0.3) is 0 Å². The third kappa shape index (κ3) is 4.63. The number of ether oxygens (including phenoxy) is 1. The lowest BCUT2D eigenvalue weighted by atomic mass is 10.1. The van der Waals surface area contributed by atoms with Crippen LogP contribution in [0.3, 0.4) is 0 Å². The standard InChI is InChI=1S/C20H20Cl2N2OS/c1-3-24-20(26-17-11-15(21)10-16(22)12-17)18(19(23-24)13-25-2)9-14-7-5-4-6-8-14/h4-8,10-12H,3,9,13H2,1-2H3. The molecule has 0 N–H and O–H groups in total. The van der Waals surface area contributed by atoms with Gasteiger partial charge in [-0.1, -0.05) is 65.3 Å². The van der Waals surface area contributed by atoms with Gasteiger partial charge in [0, 0.05) is 40.6 Å². The van der Waals surface area contributed by atoms with Crippen LogP contribution >= 0.6 is 35.0 Å². The van der Waals surface area contributed by atoms with Crippen molar-refractivity contribution in [2.75, 3.05) is 7.11 Å². The van der Waals surface area contributed by atoms with E-state index in [9.17, 15) is 0 Å². The lowest BCUT2D eigenvalue weighted by molar-refractivity contribution is 0.180. The van der Waals surface area contributed by atoms with Crippen molar-refractivity contribution in [3.8, 4) is 0 Å². The number of hydrogen-bond acceptors (Lipinski definition) is 3. The summed E-state index contributed by atoms with van der Waals surface area (Å²) in [4.78, 5) is 0.996. The van der Waals surface area contributed by atoms with Gasteiger partial charge in [0.1, 0.15) is 5.03 Å². The lowest BCUT2D eigenvalue weighted by Gasteiger charge is -2.09. The van der Waals surface area contributed by atoms with Crippen LogP contribution in [0.4, 0.5) is 0 Å². The van der Waals surface area contributed by atoms with Crippen molar-refractivity contribution in [2.24, 2.45) is 0 Å². The van der Waals surface area contributed by atoms with Crippen molar-refractivity contribution in [2.45, 2.75) is 36.4 Å². The molecule has 0 radical (unpaired) electrons. The maximum absolute atomic E-state index is 6.17. The van der Waals surface area contributed by atoms with Crippen LogP contribution in [0.2, 0.25) is 10.0 Å². The quantitative estimate of drug-likeness (QED) is 0.474. The molecule has 0 saturated heterocycles. The number of rotatable bonds is 7. The van der Waals surface area contributed by atoms with Crippen LogP contribution in [-0.4, -0.2) is 16.9 Å². The highest BCUT2D eigenvalue weighted by molar-refractivity contribution is 7.99. The van der Waals surface area contributed by atoms with Crippen LogP contribution in [0.5, 0.6) is 0 Å². The van der Waals surface area contributed by atoms with Crippen LogP contribution in [0.15, 0.2) is 58.5 Å². The van der Waals surface area contributed by atoms with Crippen molar-refractivity contribution < 1.29 is 4.74 Å². The second kappa shape index (κ2) is 8.96.